The second-order valence-corrected chi connectivity index (χ2v) is 8.79. The van der Waals surface area contributed by atoms with Gasteiger partial charge in [0.05, 0.1) is 5.56 Å². The number of hydrogen-bond acceptors (Lipinski definition) is 5. The van der Waals surface area contributed by atoms with Crippen molar-refractivity contribution in [3.8, 4) is 11.4 Å². The number of amides is 1. The van der Waals surface area contributed by atoms with Crippen LogP contribution < -0.4 is 0 Å². The number of carbonyl (C=O) groups excluding carboxylic acids is 2. The lowest BCUT2D eigenvalue weighted by Gasteiger charge is -2.31. The fourth-order valence-corrected chi connectivity index (χ4v) is 4.75. The first-order valence-electron chi connectivity index (χ1n) is 11.3. The summed E-state index contributed by atoms with van der Waals surface area (Å²) in [5.74, 6) is 0.414. The van der Waals surface area contributed by atoms with E-state index in [0.717, 1.165) is 40.6 Å². The number of likely N-dealkylation sites (tertiary alicyclic amines) is 1. The zero-order valence-corrected chi connectivity index (χ0v) is 18.8. The van der Waals surface area contributed by atoms with Crippen LogP contribution in [0.25, 0.3) is 22.3 Å². The number of Topliss-reactive ketones (excluding diaryl/α,β-unsaturated/α-hetero) is 1. The van der Waals surface area contributed by atoms with Crippen molar-refractivity contribution >= 4 is 22.6 Å². The molecule has 1 unspecified atom stereocenters. The molecule has 7 heteroatoms. The second-order valence-electron chi connectivity index (χ2n) is 8.79. The number of piperidine rings is 1. The maximum absolute atomic E-state index is 13.1. The standard InChI is InChI=1S/C26H26N4O3/c1-16-8-3-4-10-19(16)25-28-22(33-29-25)14-18-9-7-13-30(15-18)26(32)24(31)23-17(2)27-21-12-6-5-11-20(21)23/h3-6,8,10-12,18,27H,7,9,13-15H2,1-2H3. The molecule has 1 aliphatic heterocycles. The van der Waals surface area contributed by atoms with Crippen molar-refractivity contribution < 1.29 is 14.1 Å². The number of aromatic amines is 1. The number of aromatic nitrogens is 3. The van der Waals surface area contributed by atoms with E-state index >= 15 is 0 Å². The summed E-state index contributed by atoms with van der Waals surface area (Å²) < 4.78 is 5.51. The fourth-order valence-electron chi connectivity index (χ4n) is 4.75. The molecule has 5 rings (SSSR count). The molecule has 0 spiro atoms. The van der Waals surface area contributed by atoms with Crippen molar-refractivity contribution in [3.63, 3.8) is 0 Å². The molecule has 1 atom stereocenters. The van der Waals surface area contributed by atoms with Gasteiger partial charge >= 0.3 is 0 Å². The first-order valence-corrected chi connectivity index (χ1v) is 11.3. The quantitative estimate of drug-likeness (QED) is 0.363. The van der Waals surface area contributed by atoms with Crippen LogP contribution in [0.15, 0.2) is 53.1 Å². The molecular weight excluding hydrogens is 416 g/mol. The summed E-state index contributed by atoms with van der Waals surface area (Å²) in [5, 5.41) is 4.93. The molecule has 0 aliphatic carbocycles. The maximum Gasteiger partial charge on any atom is 0.295 e. The van der Waals surface area contributed by atoms with Crippen LogP contribution in [0.2, 0.25) is 0 Å². The van der Waals surface area contributed by atoms with Gasteiger partial charge in [-0.15, -0.1) is 0 Å². The zero-order chi connectivity index (χ0) is 22.9. The normalized spacial score (nSPS) is 16.3. The molecule has 33 heavy (non-hydrogen) atoms. The van der Waals surface area contributed by atoms with E-state index in [9.17, 15) is 9.59 Å². The van der Waals surface area contributed by atoms with Gasteiger partial charge in [0.25, 0.3) is 11.7 Å². The zero-order valence-electron chi connectivity index (χ0n) is 18.8. The number of aryl methyl sites for hydroxylation is 2. The van der Waals surface area contributed by atoms with E-state index in [2.05, 4.69) is 15.1 Å². The van der Waals surface area contributed by atoms with Crippen LogP contribution in [-0.2, 0) is 11.2 Å². The highest BCUT2D eigenvalue weighted by molar-refractivity contribution is 6.45. The van der Waals surface area contributed by atoms with Gasteiger partial charge in [0.1, 0.15) is 0 Å². The third-order valence-electron chi connectivity index (χ3n) is 6.44. The number of benzene rings is 2. The van der Waals surface area contributed by atoms with E-state index in [1.165, 1.54) is 0 Å². The van der Waals surface area contributed by atoms with Crippen molar-refractivity contribution in [2.45, 2.75) is 33.1 Å². The topological polar surface area (TPSA) is 92.1 Å². The minimum atomic E-state index is -0.453. The van der Waals surface area contributed by atoms with Crippen molar-refractivity contribution in [1.29, 1.82) is 0 Å². The Hall–Kier alpha value is -3.74. The van der Waals surface area contributed by atoms with Crippen LogP contribution in [0, 0.1) is 19.8 Å². The predicted molar refractivity (Wildman–Crippen MR) is 125 cm³/mol. The largest absolute Gasteiger partial charge is 0.358 e. The lowest BCUT2D eigenvalue weighted by Crippen LogP contribution is -2.44. The average molecular weight is 443 g/mol. The van der Waals surface area contributed by atoms with Gasteiger partial charge in [-0.1, -0.05) is 47.6 Å². The molecule has 3 heterocycles. The molecule has 1 amide bonds. The number of hydrogen-bond donors (Lipinski definition) is 1. The van der Waals surface area contributed by atoms with E-state index in [1.54, 1.807) is 4.90 Å². The molecular formula is C26H26N4O3. The van der Waals surface area contributed by atoms with Gasteiger partial charge in [0, 0.05) is 41.7 Å². The molecule has 1 saturated heterocycles. The number of nitrogens with one attached hydrogen (secondary N) is 1. The summed E-state index contributed by atoms with van der Waals surface area (Å²) in [6.45, 7) is 4.94. The van der Waals surface area contributed by atoms with Crippen molar-refractivity contribution in [3.05, 3.63) is 71.2 Å². The van der Waals surface area contributed by atoms with Crippen molar-refractivity contribution in [2.24, 2.45) is 5.92 Å². The minimum Gasteiger partial charge on any atom is -0.358 e. The van der Waals surface area contributed by atoms with Gasteiger partial charge in [-0.2, -0.15) is 4.98 Å². The Morgan fingerprint density at radius 2 is 1.91 bits per heavy atom. The van der Waals surface area contributed by atoms with Crippen molar-refractivity contribution in [2.75, 3.05) is 13.1 Å². The molecule has 0 radical (unpaired) electrons. The van der Waals surface area contributed by atoms with Gasteiger partial charge in [0.2, 0.25) is 11.7 Å². The molecule has 1 aliphatic rings. The molecule has 4 aromatic rings. The first kappa shape index (κ1) is 21.1. The van der Waals surface area contributed by atoms with Crippen LogP contribution in [0.5, 0.6) is 0 Å². The van der Waals surface area contributed by atoms with Crippen LogP contribution in [0.4, 0.5) is 0 Å². The Balaban J connectivity index is 1.29. The van der Waals surface area contributed by atoms with Crippen LogP contribution >= 0.6 is 0 Å². The highest BCUT2D eigenvalue weighted by atomic mass is 16.5. The Labute approximate surface area is 191 Å². The fraction of sp³-hybridized carbons (Fsp3) is 0.308. The molecule has 2 aromatic heterocycles. The smallest absolute Gasteiger partial charge is 0.295 e. The van der Waals surface area contributed by atoms with Crippen LogP contribution in [0.1, 0.15) is 40.3 Å². The highest BCUT2D eigenvalue weighted by Gasteiger charge is 2.31. The van der Waals surface area contributed by atoms with E-state index in [0.29, 0.717) is 36.8 Å². The van der Waals surface area contributed by atoms with Gasteiger partial charge in [0.15, 0.2) is 0 Å². The summed E-state index contributed by atoms with van der Waals surface area (Å²) in [4.78, 5) is 35.7. The molecule has 0 bridgehead atoms. The minimum absolute atomic E-state index is 0.171. The number of rotatable bonds is 5. The molecule has 7 nitrogen and oxygen atoms in total. The first-order chi connectivity index (χ1) is 16.0. The van der Waals surface area contributed by atoms with E-state index in [-0.39, 0.29) is 5.92 Å². The number of H-pyrrole nitrogens is 1. The highest BCUT2D eigenvalue weighted by Crippen LogP contribution is 2.26. The molecule has 1 N–H and O–H groups in total. The molecule has 1 fully saturated rings. The van der Waals surface area contributed by atoms with Gasteiger partial charge in [-0.25, -0.2) is 0 Å². The van der Waals surface area contributed by atoms with Crippen LogP contribution in [-0.4, -0.2) is 44.8 Å². The number of nitrogens with zero attached hydrogens (tertiary/aromatic N) is 3. The van der Waals surface area contributed by atoms with Gasteiger partial charge < -0.3 is 14.4 Å². The molecule has 168 valence electrons. The summed E-state index contributed by atoms with van der Waals surface area (Å²) in [5.41, 5.74) is 4.09. The lowest BCUT2D eigenvalue weighted by atomic mass is 9.94. The number of para-hydroxylation sites is 1. The Kier molecular flexibility index (Phi) is 5.54. The predicted octanol–water partition coefficient (Wildman–Crippen LogP) is 4.50. The molecule has 2 aromatic carbocycles. The Bertz CT molecular complexity index is 1340. The summed E-state index contributed by atoms with van der Waals surface area (Å²) in [6, 6.07) is 15.5. The lowest BCUT2D eigenvalue weighted by molar-refractivity contribution is -0.128. The van der Waals surface area contributed by atoms with Gasteiger partial charge in [-0.05, 0) is 44.2 Å². The maximum atomic E-state index is 13.1. The van der Waals surface area contributed by atoms with Crippen LogP contribution in [0.3, 0.4) is 0 Å². The molecule has 0 saturated carbocycles. The third-order valence-corrected chi connectivity index (χ3v) is 6.44. The number of carbonyl (C=O) groups is 2. The van der Waals surface area contributed by atoms with E-state index in [4.69, 9.17) is 4.52 Å². The summed E-state index contributed by atoms with van der Waals surface area (Å²) in [6.07, 6.45) is 2.38. The SMILES string of the molecule is Cc1ccccc1-c1noc(CC2CCCN(C(=O)C(=O)c3c(C)[nH]c4ccccc34)C2)n1. The Morgan fingerprint density at radius 1 is 1.12 bits per heavy atom. The third kappa shape index (κ3) is 4.06. The number of fused-ring (bicyclic) bond motifs is 1. The Morgan fingerprint density at radius 3 is 2.76 bits per heavy atom. The second kappa shape index (κ2) is 8.65. The number of ketones is 1. The van der Waals surface area contributed by atoms with E-state index < -0.39 is 11.7 Å². The summed E-state index contributed by atoms with van der Waals surface area (Å²) >= 11 is 0. The monoisotopic (exact) mass is 442 g/mol. The van der Waals surface area contributed by atoms with Crippen molar-refractivity contribution in [1.82, 2.24) is 20.0 Å². The summed E-state index contributed by atoms with van der Waals surface area (Å²) in [7, 11) is 0. The van der Waals surface area contributed by atoms with Gasteiger partial charge in [-0.3, -0.25) is 9.59 Å². The van der Waals surface area contributed by atoms with E-state index in [1.807, 2.05) is 62.4 Å². The average Bonchev–Trinajstić information content (AvgIpc) is 3.42.